The minimum Gasteiger partial charge on any atom is -0.437 e. The van der Waals surface area contributed by atoms with E-state index in [1.165, 1.54) is 42.9 Å². The highest BCUT2D eigenvalue weighted by molar-refractivity contribution is 7.92. The molecule has 0 aliphatic carbocycles. The van der Waals surface area contributed by atoms with Gasteiger partial charge >= 0.3 is 0 Å². The van der Waals surface area contributed by atoms with Crippen LogP contribution in [0.5, 0.6) is 11.6 Å². The summed E-state index contributed by atoms with van der Waals surface area (Å²) in [6.45, 7) is 0. The van der Waals surface area contributed by atoms with Crippen LogP contribution in [0.25, 0.3) is 0 Å². The van der Waals surface area contributed by atoms with Crippen molar-refractivity contribution in [2.24, 2.45) is 0 Å². The van der Waals surface area contributed by atoms with E-state index in [0.29, 0.717) is 17.3 Å². The zero-order valence-electron chi connectivity index (χ0n) is 12.6. The maximum absolute atomic E-state index is 12.5. The Morgan fingerprint density at radius 1 is 1.04 bits per heavy atom. The Kier molecular flexibility index (Phi) is 5.08. The predicted molar refractivity (Wildman–Crippen MR) is 95.8 cm³/mol. The number of sulfonamides is 1. The Morgan fingerprint density at radius 2 is 1.84 bits per heavy atom. The van der Waals surface area contributed by atoms with E-state index in [4.69, 9.17) is 27.9 Å². The molecule has 128 valence electrons. The Hall–Kier alpha value is -2.35. The maximum Gasteiger partial charge on any atom is 0.263 e. The summed E-state index contributed by atoms with van der Waals surface area (Å²) < 4.78 is 33.0. The number of rotatable bonds is 5. The van der Waals surface area contributed by atoms with Gasteiger partial charge in [-0.25, -0.2) is 13.4 Å². The summed E-state index contributed by atoms with van der Waals surface area (Å²) in [5.41, 5.74) is 0.303. The molecule has 0 saturated carbocycles. The second-order valence-corrected chi connectivity index (χ2v) is 7.27. The standard InChI is InChI=1S/C16H11Cl2N3O3S/c17-13-5-2-6-14(16(13)18)25(22,23)21-11-3-1-4-12(9-11)24-15-10-19-7-8-20-15/h1-10,21H. The summed E-state index contributed by atoms with van der Waals surface area (Å²) in [4.78, 5) is 7.78. The smallest absolute Gasteiger partial charge is 0.263 e. The van der Waals surface area contributed by atoms with Crippen LogP contribution in [-0.4, -0.2) is 18.4 Å². The normalized spacial score (nSPS) is 11.1. The van der Waals surface area contributed by atoms with Gasteiger partial charge in [0.15, 0.2) is 0 Å². The molecule has 1 N–H and O–H groups in total. The molecule has 3 aromatic rings. The van der Waals surface area contributed by atoms with Crippen molar-refractivity contribution in [1.29, 1.82) is 0 Å². The predicted octanol–water partition coefficient (Wildman–Crippen LogP) is 4.38. The van der Waals surface area contributed by atoms with Gasteiger partial charge in [0.25, 0.3) is 10.0 Å². The fourth-order valence-corrected chi connectivity index (χ4v) is 3.80. The Bertz CT molecular complexity index is 999. The minimum atomic E-state index is -3.91. The molecule has 0 spiro atoms. The monoisotopic (exact) mass is 395 g/mol. The highest BCUT2D eigenvalue weighted by Gasteiger charge is 2.19. The van der Waals surface area contributed by atoms with E-state index in [0.717, 1.165) is 0 Å². The largest absolute Gasteiger partial charge is 0.437 e. The molecule has 0 bridgehead atoms. The van der Waals surface area contributed by atoms with Crippen LogP contribution in [0.4, 0.5) is 5.69 Å². The van der Waals surface area contributed by atoms with Crippen molar-refractivity contribution in [1.82, 2.24) is 9.97 Å². The highest BCUT2D eigenvalue weighted by atomic mass is 35.5. The highest BCUT2D eigenvalue weighted by Crippen LogP contribution is 2.31. The average Bonchev–Trinajstić information content (AvgIpc) is 2.58. The molecule has 1 heterocycles. The summed E-state index contributed by atoms with van der Waals surface area (Å²) in [5, 5.41) is 0.118. The Morgan fingerprint density at radius 3 is 2.60 bits per heavy atom. The first kappa shape index (κ1) is 17.5. The number of nitrogens with one attached hydrogen (secondary N) is 1. The van der Waals surface area contributed by atoms with Crippen molar-refractivity contribution in [2.45, 2.75) is 4.90 Å². The average molecular weight is 396 g/mol. The fourth-order valence-electron chi connectivity index (χ4n) is 1.98. The first-order chi connectivity index (χ1) is 12.0. The third kappa shape index (κ3) is 4.19. The number of benzene rings is 2. The van der Waals surface area contributed by atoms with Gasteiger partial charge in [0.1, 0.15) is 10.6 Å². The molecule has 2 aromatic carbocycles. The number of nitrogens with zero attached hydrogens (tertiary/aromatic N) is 2. The summed E-state index contributed by atoms with van der Waals surface area (Å²) in [7, 11) is -3.91. The minimum absolute atomic E-state index is 0.0383. The van der Waals surface area contributed by atoms with Crippen molar-refractivity contribution in [3.8, 4) is 11.6 Å². The van der Waals surface area contributed by atoms with Crippen LogP contribution in [0.15, 0.2) is 66.0 Å². The zero-order valence-corrected chi connectivity index (χ0v) is 14.9. The summed E-state index contributed by atoms with van der Waals surface area (Å²) >= 11 is 11.9. The molecular formula is C16H11Cl2N3O3S. The molecule has 0 unspecified atom stereocenters. The zero-order chi connectivity index (χ0) is 17.9. The summed E-state index contributed by atoms with van der Waals surface area (Å²) in [5.74, 6) is 0.693. The van der Waals surface area contributed by atoms with Crippen LogP contribution >= 0.6 is 23.2 Å². The molecule has 0 radical (unpaired) electrons. The second kappa shape index (κ2) is 7.26. The molecule has 0 aliphatic heterocycles. The molecule has 0 fully saturated rings. The van der Waals surface area contributed by atoms with Gasteiger partial charge in [-0.3, -0.25) is 9.71 Å². The third-order valence-electron chi connectivity index (χ3n) is 3.05. The van der Waals surface area contributed by atoms with Crippen molar-refractivity contribution < 1.29 is 13.2 Å². The summed E-state index contributed by atoms with van der Waals surface area (Å²) in [6, 6.07) is 10.8. The number of halogens is 2. The van der Waals surface area contributed by atoms with Crippen LogP contribution in [0.2, 0.25) is 10.0 Å². The quantitative estimate of drug-likeness (QED) is 0.693. The van der Waals surface area contributed by atoms with E-state index in [2.05, 4.69) is 14.7 Å². The van der Waals surface area contributed by atoms with E-state index in [1.807, 2.05) is 0 Å². The molecule has 3 rings (SSSR count). The number of aromatic nitrogens is 2. The van der Waals surface area contributed by atoms with Crippen LogP contribution < -0.4 is 9.46 Å². The van der Waals surface area contributed by atoms with Gasteiger partial charge in [-0.15, -0.1) is 0 Å². The van der Waals surface area contributed by atoms with Crippen molar-refractivity contribution >= 4 is 38.9 Å². The van der Waals surface area contributed by atoms with Gasteiger partial charge in [-0.1, -0.05) is 35.3 Å². The summed E-state index contributed by atoms with van der Waals surface area (Å²) in [6.07, 6.45) is 4.46. The molecular weight excluding hydrogens is 385 g/mol. The van der Waals surface area contributed by atoms with Crippen LogP contribution in [0, 0.1) is 0 Å². The fraction of sp³-hybridized carbons (Fsp3) is 0. The number of hydrogen-bond donors (Lipinski definition) is 1. The van der Waals surface area contributed by atoms with E-state index in [1.54, 1.807) is 18.2 Å². The number of ether oxygens (including phenoxy) is 1. The molecule has 0 saturated heterocycles. The van der Waals surface area contributed by atoms with Crippen molar-refractivity contribution in [3.05, 3.63) is 71.1 Å². The van der Waals surface area contributed by atoms with E-state index in [-0.39, 0.29) is 14.9 Å². The molecule has 6 nitrogen and oxygen atoms in total. The molecule has 1 aromatic heterocycles. The number of hydrogen-bond acceptors (Lipinski definition) is 5. The van der Waals surface area contributed by atoms with Crippen molar-refractivity contribution in [3.63, 3.8) is 0 Å². The molecule has 9 heteroatoms. The SMILES string of the molecule is O=S(=O)(Nc1cccc(Oc2cnccn2)c1)c1cccc(Cl)c1Cl. The first-order valence-electron chi connectivity index (χ1n) is 6.96. The molecule has 0 atom stereocenters. The van der Waals surface area contributed by atoms with Gasteiger partial charge < -0.3 is 4.74 Å². The lowest BCUT2D eigenvalue weighted by Gasteiger charge is -2.11. The molecule has 0 amide bonds. The van der Waals surface area contributed by atoms with Gasteiger partial charge in [-0.05, 0) is 24.3 Å². The second-order valence-electron chi connectivity index (χ2n) is 4.83. The first-order valence-corrected chi connectivity index (χ1v) is 9.20. The van der Waals surface area contributed by atoms with E-state index < -0.39 is 10.0 Å². The lowest BCUT2D eigenvalue weighted by Crippen LogP contribution is -2.13. The van der Waals surface area contributed by atoms with Crippen molar-refractivity contribution in [2.75, 3.05) is 4.72 Å². The van der Waals surface area contributed by atoms with Gasteiger partial charge in [0.2, 0.25) is 5.88 Å². The third-order valence-corrected chi connectivity index (χ3v) is 5.41. The van der Waals surface area contributed by atoms with Crippen LogP contribution in [0.3, 0.4) is 0 Å². The maximum atomic E-state index is 12.5. The Balaban J connectivity index is 1.85. The van der Waals surface area contributed by atoms with E-state index >= 15 is 0 Å². The van der Waals surface area contributed by atoms with Gasteiger partial charge in [0.05, 0.1) is 21.9 Å². The number of anilines is 1. The van der Waals surface area contributed by atoms with E-state index in [9.17, 15) is 8.42 Å². The topological polar surface area (TPSA) is 81.2 Å². The van der Waals surface area contributed by atoms with Crippen LogP contribution in [0.1, 0.15) is 0 Å². The van der Waals surface area contributed by atoms with Gasteiger partial charge in [-0.2, -0.15) is 0 Å². The lowest BCUT2D eigenvalue weighted by molar-refractivity contribution is 0.460. The van der Waals surface area contributed by atoms with Crippen LogP contribution in [-0.2, 0) is 10.0 Å². The lowest BCUT2D eigenvalue weighted by atomic mass is 10.3. The van der Waals surface area contributed by atoms with Gasteiger partial charge in [0, 0.05) is 18.5 Å². The Labute approximate surface area is 154 Å². The molecule has 0 aliphatic rings. The molecule has 25 heavy (non-hydrogen) atoms.